The number of likely N-dealkylation sites (tertiary alicyclic amines) is 1. The largest absolute Gasteiger partial charge is 0.401 e. The van der Waals surface area contributed by atoms with Crippen LogP contribution in [-0.4, -0.2) is 30.1 Å². The van der Waals surface area contributed by atoms with Gasteiger partial charge in [-0.05, 0) is 31.6 Å². The number of hydrogen-bond donors (Lipinski definition) is 2. The smallest absolute Gasteiger partial charge is 0.0280 e. The molecule has 0 unspecified atom stereocenters. The maximum absolute atomic E-state index is 5.91. The minimum Gasteiger partial charge on any atom is -0.401 e. The lowest BCUT2D eigenvalue weighted by molar-refractivity contribution is 0.195. The fourth-order valence-corrected chi connectivity index (χ4v) is 2.25. The highest BCUT2D eigenvalue weighted by Crippen LogP contribution is 2.29. The molecule has 0 radical (unpaired) electrons. The second kappa shape index (κ2) is 5.09. The quantitative estimate of drug-likeness (QED) is 0.761. The minimum atomic E-state index is 0.444. The van der Waals surface area contributed by atoms with Crippen LogP contribution >= 0.6 is 0 Å². The Hall–Kier alpha value is -0.700. The summed E-state index contributed by atoms with van der Waals surface area (Å²) in [7, 11) is 0. The van der Waals surface area contributed by atoms with Crippen molar-refractivity contribution in [3.63, 3.8) is 0 Å². The Morgan fingerprint density at radius 2 is 1.88 bits per heavy atom. The third-order valence-corrected chi connectivity index (χ3v) is 3.75. The molecule has 0 aromatic carbocycles. The molecule has 1 aliphatic carbocycles. The maximum atomic E-state index is 5.91. The molecule has 0 aromatic rings. The Morgan fingerprint density at radius 1 is 1.25 bits per heavy atom. The predicted octanol–water partition coefficient (Wildman–Crippen LogP) is 1.66. The second-order valence-electron chi connectivity index (χ2n) is 5.51. The number of allylic oxidation sites excluding steroid dienone is 1. The number of nitrogens with one attached hydrogen (secondary N) is 1. The van der Waals surface area contributed by atoms with E-state index in [4.69, 9.17) is 5.73 Å². The van der Waals surface area contributed by atoms with Crippen LogP contribution in [-0.2, 0) is 0 Å². The molecule has 3 nitrogen and oxygen atoms in total. The van der Waals surface area contributed by atoms with Gasteiger partial charge in [0.2, 0.25) is 0 Å². The lowest BCUT2D eigenvalue weighted by Crippen LogP contribution is -2.42. The van der Waals surface area contributed by atoms with Gasteiger partial charge in [0.1, 0.15) is 0 Å². The topological polar surface area (TPSA) is 41.3 Å². The first-order valence-electron chi connectivity index (χ1n) is 6.62. The molecule has 0 atom stereocenters. The molecule has 16 heavy (non-hydrogen) atoms. The first-order valence-corrected chi connectivity index (χ1v) is 6.62. The number of nitrogens with zero attached hydrogens (tertiary/aromatic N) is 1. The van der Waals surface area contributed by atoms with Crippen LogP contribution < -0.4 is 11.1 Å². The Kier molecular flexibility index (Phi) is 3.74. The van der Waals surface area contributed by atoms with Gasteiger partial charge in [-0.1, -0.05) is 13.8 Å². The van der Waals surface area contributed by atoms with E-state index in [2.05, 4.69) is 24.1 Å². The van der Waals surface area contributed by atoms with Crippen molar-refractivity contribution in [3.8, 4) is 0 Å². The Bertz CT molecular complexity index is 248. The molecule has 2 fully saturated rings. The molecule has 3 heteroatoms. The predicted molar refractivity (Wildman–Crippen MR) is 67.9 cm³/mol. The van der Waals surface area contributed by atoms with Crippen molar-refractivity contribution in [2.24, 2.45) is 11.7 Å². The van der Waals surface area contributed by atoms with Crippen LogP contribution in [0.2, 0.25) is 0 Å². The molecule has 3 N–H and O–H groups in total. The highest BCUT2D eigenvalue weighted by Gasteiger charge is 2.31. The van der Waals surface area contributed by atoms with Gasteiger partial charge in [-0.3, -0.25) is 0 Å². The summed E-state index contributed by atoms with van der Waals surface area (Å²) in [4.78, 5) is 2.65. The summed E-state index contributed by atoms with van der Waals surface area (Å²) in [6, 6.07) is 1.56. The van der Waals surface area contributed by atoms with Gasteiger partial charge < -0.3 is 16.0 Å². The number of hydrogen-bond acceptors (Lipinski definition) is 3. The van der Waals surface area contributed by atoms with E-state index in [9.17, 15) is 0 Å². The van der Waals surface area contributed by atoms with Crippen LogP contribution in [0.5, 0.6) is 0 Å². The van der Waals surface area contributed by atoms with E-state index in [1.54, 1.807) is 0 Å². The SMILES string of the molecule is CC(C)/C(N)=C/NC1CCN(C2CC2)CC1. The van der Waals surface area contributed by atoms with E-state index >= 15 is 0 Å². The summed E-state index contributed by atoms with van der Waals surface area (Å²) in [5.74, 6) is 0.444. The summed E-state index contributed by atoms with van der Waals surface area (Å²) in [5, 5.41) is 3.47. The zero-order valence-electron chi connectivity index (χ0n) is 10.6. The Balaban J connectivity index is 1.70. The first-order chi connectivity index (χ1) is 7.66. The fourth-order valence-electron chi connectivity index (χ4n) is 2.25. The van der Waals surface area contributed by atoms with Crippen molar-refractivity contribution in [2.45, 2.75) is 51.6 Å². The Labute approximate surface area is 99.1 Å². The van der Waals surface area contributed by atoms with Crippen molar-refractivity contribution in [1.82, 2.24) is 10.2 Å². The van der Waals surface area contributed by atoms with Crippen molar-refractivity contribution >= 4 is 0 Å². The average molecular weight is 223 g/mol. The summed E-state index contributed by atoms with van der Waals surface area (Å²) in [6.07, 6.45) is 7.40. The number of piperidine rings is 1. The van der Waals surface area contributed by atoms with Crippen molar-refractivity contribution in [2.75, 3.05) is 13.1 Å². The van der Waals surface area contributed by atoms with Gasteiger partial charge in [0, 0.05) is 37.1 Å². The molecule has 1 saturated carbocycles. The molecule has 2 aliphatic rings. The van der Waals surface area contributed by atoms with Gasteiger partial charge in [-0.15, -0.1) is 0 Å². The van der Waals surface area contributed by atoms with Gasteiger partial charge in [0.15, 0.2) is 0 Å². The average Bonchev–Trinajstić information content (AvgIpc) is 3.10. The minimum absolute atomic E-state index is 0.444. The molecule has 2 rings (SSSR count). The first kappa shape index (κ1) is 11.8. The molecule has 1 heterocycles. The molecule has 92 valence electrons. The third kappa shape index (κ3) is 3.14. The third-order valence-electron chi connectivity index (χ3n) is 3.75. The maximum Gasteiger partial charge on any atom is 0.0280 e. The van der Waals surface area contributed by atoms with Crippen molar-refractivity contribution in [3.05, 3.63) is 11.9 Å². The summed E-state index contributed by atoms with van der Waals surface area (Å²) in [6.45, 7) is 6.78. The van der Waals surface area contributed by atoms with Crippen LogP contribution in [0, 0.1) is 5.92 Å². The second-order valence-corrected chi connectivity index (χ2v) is 5.51. The molecule has 0 spiro atoms. The van der Waals surface area contributed by atoms with E-state index in [0.29, 0.717) is 12.0 Å². The molecule has 0 bridgehead atoms. The highest BCUT2D eigenvalue weighted by atomic mass is 15.2. The molecular weight excluding hydrogens is 198 g/mol. The van der Waals surface area contributed by atoms with Crippen LogP contribution in [0.25, 0.3) is 0 Å². The molecule has 1 aliphatic heterocycles. The lowest BCUT2D eigenvalue weighted by Gasteiger charge is -2.32. The van der Waals surface area contributed by atoms with E-state index in [1.165, 1.54) is 38.8 Å². The number of rotatable bonds is 4. The highest BCUT2D eigenvalue weighted by molar-refractivity contribution is 4.99. The van der Waals surface area contributed by atoms with Gasteiger partial charge in [0.05, 0.1) is 0 Å². The lowest BCUT2D eigenvalue weighted by atomic mass is 10.0. The van der Waals surface area contributed by atoms with Crippen molar-refractivity contribution in [1.29, 1.82) is 0 Å². The molecule has 0 amide bonds. The van der Waals surface area contributed by atoms with E-state index in [0.717, 1.165) is 11.7 Å². The fraction of sp³-hybridized carbons (Fsp3) is 0.846. The van der Waals surface area contributed by atoms with Crippen LogP contribution in [0.1, 0.15) is 39.5 Å². The van der Waals surface area contributed by atoms with Gasteiger partial charge in [0.25, 0.3) is 0 Å². The van der Waals surface area contributed by atoms with E-state index < -0.39 is 0 Å². The van der Waals surface area contributed by atoms with E-state index in [-0.39, 0.29) is 0 Å². The van der Waals surface area contributed by atoms with Crippen LogP contribution in [0.4, 0.5) is 0 Å². The Morgan fingerprint density at radius 3 is 2.38 bits per heavy atom. The van der Waals surface area contributed by atoms with Gasteiger partial charge in [-0.25, -0.2) is 0 Å². The molecule has 0 aromatic heterocycles. The van der Waals surface area contributed by atoms with Gasteiger partial charge in [-0.2, -0.15) is 0 Å². The number of nitrogens with two attached hydrogens (primary N) is 1. The zero-order valence-corrected chi connectivity index (χ0v) is 10.6. The van der Waals surface area contributed by atoms with Crippen LogP contribution in [0.3, 0.4) is 0 Å². The summed E-state index contributed by atoms with van der Waals surface area (Å²) < 4.78 is 0. The monoisotopic (exact) mass is 223 g/mol. The van der Waals surface area contributed by atoms with Gasteiger partial charge >= 0.3 is 0 Å². The molecular formula is C13H25N3. The standard InChI is InChI=1S/C13H25N3/c1-10(2)13(14)9-15-11-5-7-16(8-6-11)12-3-4-12/h9-12,15H,3-8,14H2,1-2H3/b13-9-. The summed E-state index contributed by atoms with van der Waals surface area (Å²) >= 11 is 0. The van der Waals surface area contributed by atoms with Crippen LogP contribution in [0.15, 0.2) is 11.9 Å². The van der Waals surface area contributed by atoms with Crippen molar-refractivity contribution < 1.29 is 0 Å². The normalized spacial score (nSPS) is 25.1. The van der Waals surface area contributed by atoms with E-state index in [1.807, 2.05) is 6.20 Å². The molecule has 1 saturated heterocycles. The zero-order chi connectivity index (χ0) is 11.5. The summed E-state index contributed by atoms with van der Waals surface area (Å²) in [5.41, 5.74) is 6.87.